The minimum atomic E-state index is -0.494. The van der Waals surface area contributed by atoms with E-state index in [4.69, 9.17) is 5.73 Å². The number of halogens is 1. The Kier molecular flexibility index (Phi) is 6.92. The first-order chi connectivity index (χ1) is 8.07. The average Bonchev–Trinajstić information content (AvgIpc) is 2.29. The topological polar surface area (TPSA) is 98.3 Å². The number of amides is 1. The van der Waals surface area contributed by atoms with Crippen LogP contribution in [0.1, 0.15) is 22.3 Å². The van der Waals surface area contributed by atoms with Crippen molar-refractivity contribution in [3.63, 3.8) is 0 Å². The zero-order valence-electron chi connectivity index (χ0n) is 10.0. The summed E-state index contributed by atoms with van der Waals surface area (Å²) in [5.74, 6) is -0.306. The molecule has 0 saturated carbocycles. The molecule has 0 saturated heterocycles. The Balaban J connectivity index is 0.00000289. The lowest BCUT2D eigenvalue weighted by atomic mass is 10.1. The predicted octanol–water partition coefficient (Wildman–Crippen LogP) is 1.40. The van der Waals surface area contributed by atoms with Crippen molar-refractivity contribution in [3.05, 3.63) is 39.4 Å². The first-order valence-corrected chi connectivity index (χ1v) is 5.30. The SMILES string of the molecule is Cc1c(C(=O)NCCCN)cccc1[N+](=O)[O-].Cl. The fraction of sp³-hybridized carbons (Fsp3) is 0.364. The zero-order chi connectivity index (χ0) is 12.8. The summed E-state index contributed by atoms with van der Waals surface area (Å²) in [7, 11) is 0. The molecule has 0 atom stereocenters. The number of rotatable bonds is 5. The van der Waals surface area contributed by atoms with E-state index in [1.165, 1.54) is 12.1 Å². The van der Waals surface area contributed by atoms with E-state index in [0.29, 0.717) is 30.6 Å². The van der Waals surface area contributed by atoms with Gasteiger partial charge in [-0.1, -0.05) is 6.07 Å². The van der Waals surface area contributed by atoms with E-state index in [1.807, 2.05) is 0 Å². The standard InChI is InChI=1S/C11H15N3O3.ClH/c1-8-9(11(15)13-7-3-6-12)4-2-5-10(8)14(16)17;/h2,4-5H,3,6-7,12H2,1H3,(H,13,15);1H. The van der Waals surface area contributed by atoms with Crippen molar-refractivity contribution in [1.82, 2.24) is 5.32 Å². The van der Waals surface area contributed by atoms with Gasteiger partial charge in [-0.3, -0.25) is 14.9 Å². The number of nitro benzene ring substituents is 1. The minimum absolute atomic E-state index is 0. The van der Waals surface area contributed by atoms with E-state index in [0.717, 1.165) is 0 Å². The van der Waals surface area contributed by atoms with Gasteiger partial charge < -0.3 is 11.1 Å². The number of hydrogen-bond acceptors (Lipinski definition) is 4. The number of nitrogens with two attached hydrogens (primary N) is 1. The predicted molar refractivity (Wildman–Crippen MR) is 71.1 cm³/mol. The largest absolute Gasteiger partial charge is 0.352 e. The van der Waals surface area contributed by atoms with Gasteiger partial charge in [-0.25, -0.2) is 0 Å². The number of nitrogens with one attached hydrogen (secondary N) is 1. The molecule has 0 aromatic heterocycles. The Labute approximate surface area is 111 Å². The summed E-state index contributed by atoms with van der Waals surface area (Å²) in [6.45, 7) is 2.53. The van der Waals surface area contributed by atoms with Crippen LogP contribution in [0.3, 0.4) is 0 Å². The molecule has 0 heterocycles. The van der Waals surface area contributed by atoms with E-state index in [9.17, 15) is 14.9 Å². The summed E-state index contributed by atoms with van der Waals surface area (Å²) in [5.41, 5.74) is 5.97. The van der Waals surface area contributed by atoms with Crippen LogP contribution in [0.5, 0.6) is 0 Å². The molecule has 0 aliphatic heterocycles. The van der Waals surface area contributed by atoms with Gasteiger partial charge in [0.1, 0.15) is 0 Å². The maximum atomic E-state index is 11.7. The lowest BCUT2D eigenvalue weighted by Crippen LogP contribution is -2.26. The Bertz CT molecular complexity index is 438. The van der Waals surface area contributed by atoms with Crippen LogP contribution in [0.15, 0.2) is 18.2 Å². The summed E-state index contributed by atoms with van der Waals surface area (Å²) < 4.78 is 0. The van der Waals surface area contributed by atoms with Gasteiger partial charge >= 0.3 is 0 Å². The highest BCUT2D eigenvalue weighted by molar-refractivity contribution is 5.96. The van der Waals surface area contributed by atoms with Crippen LogP contribution in [0.25, 0.3) is 0 Å². The normalized spacial score (nSPS) is 9.44. The third-order valence-corrected chi connectivity index (χ3v) is 2.41. The summed E-state index contributed by atoms with van der Waals surface area (Å²) in [4.78, 5) is 22.0. The van der Waals surface area contributed by atoms with Crippen LogP contribution in [0, 0.1) is 17.0 Å². The van der Waals surface area contributed by atoms with Gasteiger partial charge in [-0.05, 0) is 26.0 Å². The molecule has 0 spiro atoms. The highest BCUT2D eigenvalue weighted by atomic mass is 35.5. The van der Waals surface area contributed by atoms with Crippen molar-refractivity contribution < 1.29 is 9.72 Å². The van der Waals surface area contributed by atoms with Crippen LogP contribution in [0.4, 0.5) is 5.69 Å². The molecule has 100 valence electrons. The number of nitrogens with zero attached hydrogens (tertiary/aromatic N) is 1. The summed E-state index contributed by atoms with van der Waals surface area (Å²) in [6.07, 6.45) is 0.680. The molecular formula is C11H16ClN3O3. The van der Waals surface area contributed by atoms with Crippen molar-refractivity contribution >= 4 is 24.0 Å². The molecule has 6 nitrogen and oxygen atoms in total. The molecule has 0 aliphatic rings. The molecule has 0 bridgehead atoms. The first kappa shape index (κ1) is 16.3. The molecule has 1 aromatic rings. The molecule has 1 rings (SSSR count). The third kappa shape index (κ3) is 3.97. The number of hydrogen-bond donors (Lipinski definition) is 2. The van der Waals surface area contributed by atoms with Gasteiger partial charge in [0.25, 0.3) is 11.6 Å². The minimum Gasteiger partial charge on any atom is -0.352 e. The zero-order valence-corrected chi connectivity index (χ0v) is 10.8. The number of carbonyl (C=O) groups excluding carboxylic acids is 1. The Morgan fingerprint density at radius 2 is 2.17 bits per heavy atom. The average molecular weight is 274 g/mol. The second-order valence-corrected chi connectivity index (χ2v) is 3.60. The van der Waals surface area contributed by atoms with E-state index in [2.05, 4.69) is 5.32 Å². The molecule has 18 heavy (non-hydrogen) atoms. The number of nitro groups is 1. The van der Waals surface area contributed by atoms with Gasteiger partial charge in [-0.2, -0.15) is 0 Å². The van der Waals surface area contributed by atoms with Crippen LogP contribution < -0.4 is 11.1 Å². The molecule has 3 N–H and O–H groups in total. The van der Waals surface area contributed by atoms with Crippen molar-refractivity contribution in [2.45, 2.75) is 13.3 Å². The van der Waals surface area contributed by atoms with Crippen molar-refractivity contribution in [1.29, 1.82) is 0 Å². The Morgan fingerprint density at radius 1 is 1.50 bits per heavy atom. The molecule has 0 radical (unpaired) electrons. The van der Waals surface area contributed by atoms with Gasteiger partial charge in [0.05, 0.1) is 4.92 Å². The molecular weight excluding hydrogens is 258 g/mol. The third-order valence-electron chi connectivity index (χ3n) is 2.41. The molecule has 7 heteroatoms. The summed E-state index contributed by atoms with van der Waals surface area (Å²) >= 11 is 0. The van der Waals surface area contributed by atoms with E-state index in [1.54, 1.807) is 13.0 Å². The van der Waals surface area contributed by atoms with E-state index < -0.39 is 4.92 Å². The van der Waals surface area contributed by atoms with Crippen LogP contribution >= 0.6 is 12.4 Å². The number of carbonyl (C=O) groups is 1. The summed E-state index contributed by atoms with van der Waals surface area (Å²) in [5, 5.41) is 13.4. The van der Waals surface area contributed by atoms with Gasteiger partial charge in [0.15, 0.2) is 0 Å². The molecule has 0 aliphatic carbocycles. The molecule has 0 unspecified atom stereocenters. The molecule has 0 fully saturated rings. The van der Waals surface area contributed by atoms with Crippen LogP contribution in [0.2, 0.25) is 0 Å². The maximum absolute atomic E-state index is 11.7. The lowest BCUT2D eigenvalue weighted by molar-refractivity contribution is -0.385. The van der Waals surface area contributed by atoms with E-state index in [-0.39, 0.29) is 24.0 Å². The highest BCUT2D eigenvalue weighted by Gasteiger charge is 2.17. The fourth-order valence-electron chi connectivity index (χ4n) is 1.47. The summed E-state index contributed by atoms with van der Waals surface area (Å²) in [6, 6.07) is 4.45. The molecule has 1 amide bonds. The lowest BCUT2D eigenvalue weighted by Gasteiger charge is -2.07. The smallest absolute Gasteiger partial charge is 0.273 e. The Hall–Kier alpha value is -1.66. The first-order valence-electron chi connectivity index (χ1n) is 5.30. The van der Waals surface area contributed by atoms with Crippen molar-refractivity contribution in [3.8, 4) is 0 Å². The second kappa shape index (κ2) is 7.62. The van der Waals surface area contributed by atoms with Gasteiger partial charge in [-0.15, -0.1) is 12.4 Å². The van der Waals surface area contributed by atoms with Crippen LogP contribution in [-0.4, -0.2) is 23.9 Å². The quantitative estimate of drug-likeness (QED) is 0.481. The highest BCUT2D eigenvalue weighted by Crippen LogP contribution is 2.20. The van der Waals surface area contributed by atoms with Crippen LogP contribution in [-0.2, 0) is 0 Å². The van der Waals surface area contributed by atoms with Gasteiger partial charge in [0, 0.05) is 23.7 Å². The second-order valence-electron chi connectivity index (χ2n) is 3.60. The molecule has 1 aromatic carbocycles. The van der Waals surface area contributed by atoms with Crippen molar-refractivity contribution in [2.24, 2.45) is 5.73 Å². The maximum Gasteiger partial charge on any atom is 0.273 e. The Morgan fingerprint density at radius 3 is 2.72 bits per heavy atom. The fourth-order valence-corrected chi connectivity index (χ4v) is 1.47. The van der Waals surface area contributed by atoms with E-state index >= 15 is 0 Å². The van der Waals surface area contributed by atoms with Crippen molar-refractivity contribution in [2.75, 3.05) is 13.1 Å². The number of benzene rings is 1. The monoisotopic (exact) mass is 273 g/mol. The van der Waals surface area contributed by atoms with Gasteiger partial charge in [0.2, 0.25) is 0 Å².